The first kappa shape index (κ1) is 17.0. The van der Waals surface area contributed by atoms with Crippen molar-refractivity contribution in [1.82, 2.24) is 29.9 Å². The Morgan fingerprint density at radius 3 is 2.76 bits per heavy atom. The molecule has 3 amide bonds. The number of amides is 3. The molecule has 0 unspecified atom stereocenters. The van der Waals surface area contributed by atoms with Crippen molar-refractivity contribution in [1.29, 1.82) is 0 Å². The van der Waals surface area contributed by atoms with Crippen LogP contribution in [0.25, 0.3) is 0 Å². The van der Waals surface area contributed by atoms with E-state index >= 15 is 0 Å². The number of hydrogen-bond donors (Lipinski definition) is 1. The molecule has 3 heterocycles. The van der Waals surface area contributed by atoms with Crippen LogP contribution in [0.1, 0.15) is 22.6 Å². The highest BCUT2D eigenvalue weighted by atomic mass is 16.3. The van der Waals surface area contributed by atoms with Gasteiger partial charge in [0, 0.05) is 46.2 Å². The standard InChI is InChI=1S/C16H22N6O3/c1-20-12-18-19-14(20)3-5-17-16(24)22-7-2-6-21(8-9-22)15(23)13-4-10-25-11-13/h4,10-12H,2-3,5-9H2,1H3,(H,17,24). The van der Waals surface area contributed by atoms with E-state index in [-0.39, 0.29) is 11.9 Å². The van der Waals surface area contributed by atoms with Crippen molar-refractivity contribution in [2.24, 2.45) is 7.05 Å². The molecule has 0 radical (unpaired) electrons. The minimum absolute atomic E-state index is 0.0571. The van der Waals surface area contributed by atoms with Crippen LogP contribution in [0.3, 0.4) is 0 Å². The third-order valence-corrected chi connectivity index (χ3v) is 4.27. The second kappa shape index (κ2) is 7.82. The van der Waals surface area contributed by atoms with Gasteiger partial charge in [-0.2, -0.15) is 0 Å². The highest BCUT2D eigenvalue weighted by Gasteiger charge is 2.23. The number of nitrogens with zero attached hydrogens (tertiary/aromatic N) is 5. The summed E-state index contributed by atoms with van der Waals surface area (Å²) in [5, 5.41) is 10.7. The van der Waals surface area contributed by atoms with Gasteiger partial charge in [0.2, 0.25) is 0 Å². The Balaban J connectivity index is 1.46. The Morgan fingerprint density at radius 2 is 2.04 bits per heavy atom. The number of aromatic nitrogens is 3. The SMILES string of the molecule is Cn1cnnc1CCNC(=O)N1CCCN(C(=O)c2ccoc2)CC1. The van der Waals surface area contributed by atoms with Gasteiger partial charge in [0.1, 0.15) is 18.4 Å². The fourth-order valence-electron chi connectivity index (χ4n) is 2.82. The summed E-state index contributed by atoms with van der Waals surface area (Å²) in [6.45, 7) is 2.79. The van der Waals surface area contributed by atoms with Crippen LogP contribution in [0, 0.1) is 0 Å². The molecule has 0 atom stereocenters. The first-order chi connectivity index (χ1) is 12.1. The van der Waals surface area contributed by atoms with Gasteiger partial charge in [-0.05, 0) is 12.5 Å². The van der Waals surface area contributed by atoms with Gasteiger partial charge in [-0.25, -0.2) is 4.79 Å². The van der Waals surface area contributed by atoms with Gasteiger partial charge in [-0.3, -0.25) is 4.79 Å². The monoisotopic (exact) mass is 346 g/mol. The molecule has 1 aliphatic heterocycles. The molecule has 3 rings (SSSR count). The number of carbonyl (C=O) groups excluding carboxylic acids is 2. The molecule has 9 nitrogen and oxygen atoms in total. The Labute approximate surface area is 145 Å². The summed E-state index contributed by atoms with van der Waals surface area (Å²) in [6.07, 6.45) is 5.95. The first-order valence-electron chi connectivity index (χ1n) is 8.32. The van der Waals surface area contributed by atoms with Crippen molar-refractivity contribution in [2.45, 2.75) is 12.8 Å². The molecule has 0 spiro atoms. The van der Waals surface area contributed by atoms with Crippen LogP contribution in [0.2, 0.25) is 0 Å². The van der Waals surface area contributed by atoms with Gasteiger partial charge in [0.15, 0.2) is 0 Å². The largest absolute Gasteiger partial charge is 0.472 e. The van der Waals surface area contributed by atoms with Crippen LogP contribution < -0.4 is 5.32 Å². The van der Waals surface area contributed by atoms with E-state index in [2.05, 4.69) is 15.5 Å². The number of carbonyl (C=O) groups is 2. The third kappa shape index (κ3) is 4.17. The molecule has 1 N–H and O–H groups in total. The maximum Gasteiger partial charge on any atom is 0.317 e. The van der Waals surface area contributed by atoms with Gasteiger partial charge >= 0.3 is 6.03 Å². The lowest BCUT2D eigenvalue weighted by Gasteiger charge is -2.22. The van der Waals surface area contributed by atoms with E-state index in [1.54, 1.807) is 22.2 Å². The molecule has 0 aromatic carbocycles. The molecular weight excluding hydrogens is 324 g/mol. The second-order valence-corrected chi connectivity index (χ2v) is 5.98. The van der Waals surface area contributed by atoms with Crippen molar-refractivity contribution in [3.8, 4) is 0 Å². The Hall–Kier alpha value is -2.84. The van der Waals surface area contributed by atoms with Crippen LogP contribution in [0.15, 0.2) is 29.3 Å². The minimum atomic E-state index is -0.111. The number of nitrogens with one attached hydrogen (secondary N) is 1. The number of hydrogen-bond acceptors (Lipinski definition) is 5. The van der Waals surface area contributed by atoms with E-state index in [0.717, 1.165) is 12.2 Å². The van der Waals surface area contributed by atoms with Crippen LogP contribution in [0.5, 0.6) is 0 Å². The van der Waals surface area contributed by atoms with E-state index in [4.69, 9.17) is 4.42 Å². The summed E-state index contributed by atoms with van der Waals surface area (Å²) in [4.78, 5) is 28.2. The molecule has 2 aromatic rings. The zero-order valence-corrected chi connectivity index (χ0v) is 14.2. The third-order valence-electron chi connectivity index (χ3n) is 4.27. The molecule has 9 heteroatoms. The summed E-state index contributed by atoms with van der Waals surface area (Å²) < 4.78 is 6.80. The maximum atomic E-state index is 12.4. The van der Waals surface area contributed by atoms with Crippen LogP contribution in [-0.2, 0) is 13.5 Å². The van der Waals surface area contributed by atoms with Crippen molar-refractivity contribution in [2.75, 3.05) is 32.7 Å². The van der Waals surface area contributed by atoms with Gasteiger partial charge in [0.25, 0.3) is 5.91 Å². The molecule has 2 aromatic heterocycles. The number of urea groups is 1. The van der Waals surface area contributed by atoms with Crippen LogP contribution >= 0.6 is 0 Å². The zero-order chi connectivity index (χ0) is 17.6. The Kier molecular flexibility index (Phi) is 5.32. The fraction of sp³-hybridized carbons (Fsp3) is 0.500. The molecule has 0 aliphatic carbocycles. The summed E-state index contributed by atoms with van der Waals surface area (Å²) in [5.74, 6) is 0.770. The van der Waals surface area contributed by atoms with Gasteiger partial charge in [-0.1, -0.05) is 0 Å². The van der Waals surface area contributed by atoms with E-state index in [1.807, 2.05) is 11.6 Å². The summed E-state index contributed by atoms with van der Waals surface area (Å²) >= 11 is 0. The van der Waals surface area contributed by atoms with Crippen molar-refractivity contribution in [3.05, 3.63) is 36.3 Å². The number of aryl methyl sites for hydroxylation is 1. The van der Waals surface area contributed by atoms with Crippen LogP contribution in [0.4, 0.5) is 4.79 Å². The quantitative estimate of drug-likeness (QED) is 0.870. The van der Waals surface area contributed by atoms with E-state index < -0.39 is 0 Å². The predicted octanol–water partition coefficient (Wildman–Crippen LogP) is 0.508. The fourth-order valence-corrected chi connectivity index (χ4v) is 2.82. The van der Waals surface area contributed by atoms with Gasteiger partial charge in [-0.15, -0.1) is 10.2 Å². The molecular formula is C16H22N6O3. The zero-order valence-electron chi connectivity index (χ0n) is 14.2. The van der Waals surface area contributed by atoms with E-state index in [1.165, 1.54) is 12.5 Å². The molecule has 1 aliphatic rings. The maximum absolute atomic E-state index is 12.4. The van der Waals surface area contributed by atoms with Crippen molar-refractivity contribution < 1.29 is 14.0 Å². The Morgan fingerprint density at radius 1 is 1.24 bits per heavy atom. The average Bonchev–Trinajstić information content (AvgIpc) is 3.21. The first-order valence-corrected chi connectivity index (χ1v) is 8.32. The topological polar surface area (TPSA) is 96.5 Å². The normalized spacial score (nSPS) is 15.1. The molecule has 0 bridgehead atoms. The van der Waals surface area contributed by atoms with Gasteiger partial charge in [0.05, 0.1) is 11.8 Å². The van der Waals surface area contributed by atoms with Crippen molar-refractivity contribution >= 4 is 11.9 Å². The molecule has 25 heavy (non-hydrogen) atoms. The van der Waals surface area contributed by atoms with Crippen LogP contribution in [-0.4, -0.2) is 69.2 Å². The lowest BCUT2D eigenvalue weighted by Crippen LogP contribution is -2.43. The summed E-state index contributed by atoms with van der Waals surface area (Å²) in [5.41, 5.74) is 0.543. The minimum Gasteiger partial charge on any atom is -0.472 e. The smallest absolute Gasteiger partial charge is 0.317 e. The second-order valence-electron chi connectivity index (χ2n) is 5.98. The lowest BCUT2D eigenvalue weighted by molar-refractivity contribution is 0.0761. The number of rotatable bonds is 4. The average molecular weight is 346 g/mol. The highest BCUT2D eigenvalue weighted by Crippen LogP contribution is 2.10. The lowest BCUT2D eigenvalue weighted by atomic mass is 10.3. The predicted molar refractivity (Wildman–Crippen MR) is 88.9 cm³/mol. The van der Waals surface area contributed by atoms with Gasteiger partial charge < -0.3 is 24.1 Å². The summed E-state index contributed by atoms with van der Waals surface area (Å²) in [7, 11) is 1.87. The molecule has 1 fully saturated rings. The van der Waals surface area contributed by atoms with E-state index in [0.29, 0.717) is 44.7 Å². The Bertz CT molecular complexity index is 711. The molecule has 0 saturated carbocycles. The number of furan rings is 1. The summed E-state index contributed by atoms with van der Waals surface area (Å²) in [6, 6.07) is 1.55. The molecule has 134 valence electrons. The van der Waals surface area contributed by atoms with E-state index in [9.17, 15) is 9.59 Å². The van der Waals surface area contributed by atoms with Crippen molar-refractivity contribution in [3.63, 3.8) is 0 Å². The molecule has 1 saturated heterocycles. The highest BCUT2D eigenvalue weighted by molar-refractivity contribution is 5.93.